The molecule has 0 bridgehead atoms. The van der Waals surface area contributed by atoms with E-state index in [1.165, 1.54) is 16.7 Å². The van der Waals surface area contributed by atoms with Gasteiger partial charge >= 0.3 is 0 Å². The minimum Gasteiger partial charge on any atom is -0.348 e. The first-order valence-electron chi connectivity index (χ1n) is 7.18. The van der Waals surface area contributed by atoms with Crippen LogP contribution in [0, 0.1) is 13.8 Å². The van der Waals surface area contributed by atoms with Crippen molar-refractivity contribution in [1.29, 1.82) is 0 Å². The number of sulfonamides is 1. The first kappa shape index (κ1) is 17.9. The van der Waals surface area contributed by atoms with Gasteiger partial charge in [-0.25, -0.2) is 13.6 Å². The van der Waals surface area contributed by atoms with Crippen molar-refractivity contribution in [2.75, 3.05) is 0 Å². The molecule has 0 unspecified atom stereocenters. The van der Waals surface area contributed by atoms with Crippen LogP contribution in [0.3, 0.4) is 0 Å². The van der Waals surface area contributed by atoms with Crippen LogP contribution < -0.4 is 16.0 Å². The Morgan fingerprint density at radius 1 is 1.21 bits per heavy atom. The molecule has 7 nitrogen and oxygen atoms in total. The maximum absolute atomic E-state index is 12.3. The number of nitrogens with one attached hydrogen (secondary N) is 1. The summed E-state index contributed by atoms with van der Waals surface area (Å²) in [5.41, 5.74) is 1.82. The number of pyridine rings is 1. The van der Waals surface area contributed by atoms with E-state index in [1.54, 1.807) is 39.1 Å². The van der Waals surface area contributed by atoms with Crippen molar-refractivity contribution in [2.24, 2.45) is 12.2 Å². The topological polar surface area (TPSA) is 111 Å². The minimum absolute atomic E-state index is 0.000764. The molecule has 24 heavy (non-hydrogen) atoms. The second-order valence-corrected chi connectivity index (χ2v) is 7.14. The van der Waals surface area contributed by atoms with E-state index >= 15 is 0 Å². The summed E-state index contributed by atoms with van der Waals surface area (Å²) in [6.45, 7) is 3.67. The Balaban J connectivity index is 2.17. The monoisotopic (exact) mass is 349 g/mol. The third-order valence-corrected chi connectivity index (χ3v) is 4.73. The predicted molar refractivity (Wildman–Crippen MR) is 90.1 cm³/mol. The average molecular weight is 349 g/mol. The van der Waals surface area contributed by atoms with Gasteiger partial charge in [0, 0.05) is 19.3 Å². The standard InChI is InChI=1S/C16H19N3O4S/c1-10-8-11(2)19(3)16(21)14(10)15(20)18-9-12-4-6-13(7-5-12)24(17,22)23/h4-8H,9H2,1-3H3,(H,18,20)(H2,17,22,23). The molecule has 0 saturated heterocycles. The van der Waals surface area contributed by atoms with Gasteiger partial charge in [0.1, 0.15) is 5.56 Å². The Labute approximate surface area is 140 Å². The molecule has 0 saturated carbocycles. The van der Waals surface area contributed by atoms with Crippen LogP contribution in [-0.4, -0.2) is 18.9 Å². The number of rotatable bonds is 4. The second-order valence-electron chi connectivity index (χ2n) is 5.58. The molecule has 0 aliphatic carbocycles. The molecule has 8 heteroatoms. The number of hydrogen-bond acceptors (Lipinski definition) is 4. The molecule has 0 aliphatic heterocycles. The number of carbonyl (C=O) groups is 1. The van der Waals surface area contributed by atoms with E-state index in [-0.39, 0.29) is 22.6 Å². The van der Waals surface area contributed by atoms with Crippen molar-refractivity contribution in [1.82, 2.24) is 9.88 Å². The fraction of sp³-hybridized carbons (Fsp3) is 0.250. The molecule has 0 fully saturated rings. The number of nitrogens with zero attached hydrogens (tertiary/aromatic N) is 1. The average Bonchev–Trinajstić information content (AvgIpc) is 2.50. The van der Waals surface area contributed by atoms with Crippen molar-refractivity contribution in [3.8, 4) is 0 Å². The Kier molecular flexibility index (Phi) is 4.91. The molecule has 0 spiro atoms. The summed E-state index contributed by atoms with van der Waals surface area (Å²) in [7, 11) is -2.13. The van der Waals surface area contributed by atoms with Gasteiger partial charge in [-0.2, -0.15) is 0 Å². The van der Waals surface area contributed by atoms with E-state index in [1.807, 2.05) is 0 Å². The summed E-state index contributed by atoms with van der Waals surface area (Å²) in [6.07, 6.45) is 0. The van der Waals surface area contributed by atoms with E-state index in [4.69, 9.17) is 5.14 Å². The maximum atomic E-state index is 12.3. The summed E-state index contributed by atoms with van der Waals surface area (Å²) in [5.74, 6) is -0.469. The van der Waals surface area contributed by atoms with E-state index in [0.717, 1.165) is 5.69 Å². The van der Waals surface area contributed by atoms with Gasteiger partial charge in [0.25, 0.3) is 11.5 Å². The van der Waals surface area contributed by atoms with Gasteiger partial charge in [-0.15, -0.1) is 0 Å². The summed E-state index contributed by atoms with van der Waals surface area (Å²) < 4.78 is 23.8. The van der Waals surface area contributed by atoms with Gasteiger partial charge in [-0.3, -0.25) is 9.59 Å². The first-order valence-corrected chi connectivity index (χ1v) is 8.73. The highest BCUT2D eigenvalue weighted by atomic mass is 32.2. The SMILES string of the molecule is Cc1cc(C)n(C)c(=O)c1C(=O)NCc1ccc(S(N)(=O)=O)cc1. The molecule has 1 heterocycles. The first-order chi connectivity index (χ1) is 11.1. The van der Waals surface area contributed by atoms with Gasteiger partial charge < -0.3 is 9.88 Å². The number of amides is 1. The highest BCUT2D eigenvalue weighted by Crippen LogP contribution is 2.09. The van der Waals surface area contributed by atoms with Crippen LogP contribution >= 0.6 is 0 Å². The lowest BCUT2D eigenvalue weighted by atomic mass is 10.1. The molecule has 1 aromatic carbocycles. The second kappa shape index (κ2) is 6.58. The molecular formula is C16H19N3O4S. The number of benzene rings is 1. The van der Waals surface area contributed by atoms with Crippen LogP contribution in [0.25, 0.3) is 0 Å². The molecule has 0 atom stereocenters. The lowest BCUT2D eigenvalue weighted by Gasteiger charge is -2.11. The lowest BCUT2D eigenvalue weighted by Crippen LogP contribution is -2.33. The number of carbonyl (C=O) groups excluding carboxylic acids is 1. The van der Waals surface area contributed by atoms with Crippen LogP contribution in [-0.2, 0) is 23.6 Å². The zero-order valence-electron chi connectivity index (χ0n) is 13.7. The number of primary sulfonamides is 1. The van der Waals surface area contributed by atoms with Crippen LogP contribution in [0.5, 0.6) is 0 Å². The molecule has 3 N–H and O–H groups in total. The third-order valence-electron chi connectivity index (χ3n) is 3.80. The third kappa shape index (κ3) is 3.72. The van der Waals surface area contributed by atoms with Crippen molar-refractivity contribution in [3.63, 3.8) is 0 Å². The van der Waals surface area contributed by atoms with E-state index in [9.17, 15) is 18.0 Å². The van der Waals surface area contributed by atoms with E-state index in [0.29, 0.717) is 11.1 Å². The highest BCUT2D eigenvalue weighted by molar-refractivity contribution is 7.89. The number of nitrogens with two attached hydrogens (primary N) is 1. The number of hydrogen-bond donors (Lipinski definition) is 2. The molecule has 2 aromatic rings. The largest absolute Gasteiger partial charge is 0.348 e. The molecule has 0 radical (unpaired) electrons. The fourth-order valence-corrected chi connectivity index (χ4v) is 2.84. The van der Waals surface area contributed by atoms with E-state index < -0.39 is 15.9 Å². The van der Waals surface area contributed by atoms with Crippen LogP contribution in [0.1, 0.15) is 27.2 Å². The van der Waals surface area contributed by atoms with Gasteiger partial charge in [0.05, 0.1) is 4.90 Å². The van der Waals surface area contributed by atoms with Gasteiger partial charge in [-0.1, -0.05) is 12.1 Å². The Morgan fingerprint density at radius 2 is 1.79 bits per heavy atom. The van der Waals surface area contributed by atoms with Crippen LogP contribution in [0.2, 0.25) is 0 Å². The van der Waals surface area contributed by atoms with Crippen molar-refractivity contribution >= 4 is 15.9 Å². The summed E-state index contributed by atoms with van der Waals surface area (Å²) >= 11 is 0. The Bertz CT molecular complexity index is 945. The fourth-order valence-electron chi connectivity index (χ4n) is 2.32. The quantitative estimate of drug-likeness (QED) is 0.841. The van der Waals surface area contributed by atoms with Crippen LogP contribution in [0.4, 0.5) is 0 Å². The predicted octanol–water partition coefficient (Wildman–Crippen LogP) is 0.580. The molecule has 2 rings (SSSR count). The van der Waals surface area contributed by atoms with Gasteiger partial charge in [0.15, 0.2) is 0 Å². The Morgan fingerprint density at radius 3 is 2.33 bits per heavy atom. The molecule has 128 valence electrons. The molecular weight excluding hydrogens is 330 g/mol. The summed E-state index contributed by atoms with van der Waals surface area (Å²) in [4.78, 5) is 24.5. The van der Waals surface area contributed by atoms with Crippen molar-refractivity contribution in [2.45, 2.75) is 25.3 Å². The smallest absolute Gasteiger partial charge is 0.263 e. The number of aryl methyl sites for hydroxylation is 2. The Hall–Kier alpha value is -2.45. The van der Waals surface area contributed by atoms with Gasteiger partial charge in [0.2, 0.25) is 10.0 Å². The maximum Gasteiger partial charge on any atom is 0.263 e. The molecule has 1 amide bonds. The lowest BCUT2D eigenvalue weighted by molar-refractivity contribution is 0.0948. The molecule has 0 aliphatic rings. The van der Waals surface area contributed by atoms with Crippen LogP contribution in [0.15, 0.2) is 40.0 Å². The van der Waals surface area contributed by atoms with Crippen molar-refractivity contribution in [3.05, 3.63) is 63.1 Å². The highest BCUT2D eigenvalue weighted by Gasteiger charge is 2.16. The van der Waals surface area contributed by atoms with Gasteiger partial charge in [-0.05, 0) is 43.2 Å². The summed E-state index contributed by atoms with van der Waals surface area (Å²) in [6, 6.07) is 7.62. The van der Waals surface area contributed by atoms with Crippen molar-refractivity contribution < 1.29 is 13.2 Å². The normalized spacial score (nSPS) is 11.3. The number of aromatic nitrogens is 1. The minimum atomic E-state index is -3.75. The summed E-state index contributed by atoms with van der Waals surface area (Å²) in [5, 5.41) is 7.70. The molecule has 1 aromatic heterocycles. The van der Waals surface area contributed by atoms with E-state index in [2.05, 4.69) is 5.32 Å². The zero-order valence-corrected chi connectivity index (χ0v) is 14.5. The zero-order chi connectivity index (χ0) is 18.1.